The summed E-state index contributed by atoms with van der Waals surface area (Å²) in [6.07, 6.45) is 0. The summed E-state index contributed by atoms with van der Waals surface area (Å²) in [5.41, 5.74) is 2.35. The van der Waals surface area contributed by atoms with Crippen LogP contribution in [-0.4, -0.2) is 27.0 Å². The van der Waals surface area contributed by atoms with Crippen LogP contribution in [0.15, 0.2) is 72.8 Å². The van der Waals surface area contributed by atoms with Crippen LogP contribution in [0.4, 0.5) is 11.5 Å². The van der Waals surface area contributed by atoms with E-state index in [1.807, 2.05) is 74.5 Å². The topological polar surface area (TPSA) is 58.1 Å². The molecule has 1 amide bonds. The van der Waals surface area contributed by atoms with E-state index in [1.54, 1.807) is 17.0 Å². The summed E-state index contributed by atoms with van der Waals surface area (Å²) in [7, 11) is 0. The fourth-order valence-electron chi connectivity index (χ4n) is 2.60. The Labute approximate surface area is 153 Å². The average Bonchev–Trinajstić information content (AvgIpc) is 2.67. The predicted molar refractivity (Wildman–Crippen MR) is 103 cm³/mol. The van der Waals surface area contributed by atoms with Crippen molar-refractivity contribution >= 4 is 17.4 Å². The van der Waals surface area contributed by atoms with E-state index in [1.165, 1.54) is 0 Å². The highest BCUT2D eigenvalue weighted by atomic mass is 16.2. The molecule has 1 heterocycles. The molecule has 0 bridgehead atoms. The maximum Gasteiger partial charge on any atom is 0.274 e. The number of hydrogen-bond acceptors (Lipinski definition) is 4. The van der Waals surface area contributed by atoms with Gasteiger partial charge in [-0.05, 0) is 43.7 Å². The quantitative estimate of drug-likeness (QED) is 0.724. The zero-order chi connectivity index (χ0) is 18.4. The zero-order valence-electron chi connectivity index (χ0n) is 15.0. The fourth-order valence-corrected chi connectivity index (χ4v) is 2.60. The first kappa shape index (κ1) is 17.6. The Kier molecular flexibility index (Phi) is 5.59. The lowest BCUT2D eigenvalue weighted by molar-refractivity contribution is 0.0683. The van der Waals surface area contributed by atoms with E-state index in [0.717, 1.165) is 11.3 Å². The minimum Gasteiger partial charge on any atom is -0.339 e. The van der Waals surface area contributed by atoms with Crippen LogP contribution >= 0.6 is 0 Å². The third-order valence-electron chi connectivity index (χ3n) is 4.01. The van der Waals surface area contributed by atoms with Crippen molar-refractivity contribution in [1.82, 2.24) is 15.1 Å². The molecule has 0 spiro atoms. The smallest absolute Gasteiger partial charge is 0.274 e. The van der Waals surface area contributed by atoms with Gasteiger partial charge in [0.15, 0.2) is 11.5 Å². The monoisotopic (exact) mass is 346 g/mol. The van der Waals surface area contributed by atoms with Crippen LogP contribution in [0.1, 0.15) is 29.9 Å². The standard InChI is InChI=1S/C21H22N4O/c1-16(2)25(15-17-9-5-3-6-10-17)21(26)19-13-14-20(24-23-19)22-18-11-7-4-8-12-18/h3-14,16H,15H2,1-2H3,(H,22,24). The first-order valence-electron chi connectivity index (χ1n) is 8.64. The van der Waals surface area contributed by atoms with Gasteiger partial charge in [0, 0.05) is 18.3 Å². The minimum atomic E-state index is -0.123. The van der Waals surface area contributed by atoms with E-state index in [-0.39, 0.29) is 11.9 Å². The summed E-state index contributed by atoms with van der Waals surface area (Å²) >= 11 is 0. The van der Waals surface area contributed by atoms with E-state index >= 15 is 0 Å². The minimum absolute atomic E-state index is 0.0617. The Morgan fingerprint density at radius 2 is 1.58 bits per heavy atom. The number of carbonyl (C=O) groups is 1. The number of nitrogens with zero attached hydrogens (tertiary/aromatic N) is 3. The van der Waals surface area contributed by atoms with Gasteiger partial charge in [0.1, 0.15) is 0 Å². The molecule has 0 radical (unpaired) electrons. The van der Waals surface area contributed by atoms with Gasteiger partial charge in [-0.25, -0.2) is 0 Å². The van der Waals surface area contributed by atoms with Gasteiger partial charge in [0.05, 0.1) is 0 Å². The Morgan fingerprint density at radius 3 is 2.15 bits per heavy atom. The van der Waals surface area contributed by atoms with Crippen LogP contribution in [0.2, 0.25) is 0 Å². The Balaban J connectivity index is 1.73. The number of hydrogen-bond donors (Lipinski definition) is 1. The summed E-state index contributed by atoms with van der Waals surface area (Å²) in [6.45, 7) is 4.54. The van der Waals surface area contributed by atoms with Crippen molar-refractivity contribution in [3.8, 4) is 0 Å². The van der Waals surface area contributed by atoms with Crippen molar-refractivity contribution in [1.29, 1.82) is 0 Å². The number of amides is 1. The number of aromatic nitrogens is 2. The number of rotatable bonds is 6. The molecule has 3 rings (SSSR count). The lowest BCUT2D eigenvalue weighted by Crippen LogP contribution is -2.37. The van der Waals surface area contributed by atoms with Gasteiger partial charge in [0.2, 0.25) is 0 Å². The summed E-state index contributed by atoms with van der Waals surface area (Å²) in [5, 5.41) is 11.4. The van der Waals surface area contributed by atoms with Crippen LogP contribution in [0, 0.1) is 0 Å². The molecule has 0 fully saturated rings. The molecule has 1 N–H and O–H groups in total. The van der Waals surface area contributed by atoms with Crippen LogP contribution in [-0.2, 0) is 6.54 Å². The number of nitrogens with one attached hydrogen (secondary N) is 1. The normalized spacial score (nSPS) is 10.6. The summed E-state index contributed by atoms with van der Waals surface area (Å²) in [4.78, 5) is 14.7. The number of benzene rings is 2. The summed E-state index contributed by atoms with van der Waals surface area (Å²) in [6, 6.07) is 23.2. The molecule has 0 unspecified atom stereocenters. The van der Waals surface area contributed by atoms with Gasteiger partial charge in [-0.1, -0.05) is 48.5 Å². The van der Waals surface area contributed by atoms with E-state index in [9.17, 15) is 4.79 Å². The Hall–Kier alpha value is -3.21. The highest BCUT2D eigenvalue weighted by molar-refractivity contribution is 5.92. The largest absolute Gasteiger partial charge is 0.339 e. The second-order valence-electron chi connectivity index (χ2n) is 6.31. The molecule has 26 heavy (non-hydrogen) atoms. The highest BCUT2D eigenvalue weighted by Crippen LogP contribution is 2.15. The molecule has 132 valence electrons. The van der Waals surface area contributed by atoms with Crippen LogP contribution in [0.3, 0.4) is 0 Å². The van der Waals surface area contributed by atoms with Crippen LogP contribution in [0.5, 0.6) is 0 Å². The Bertz CT molecular complexity index is 833. The molecule has 3 aromatic rings. The van der Waals surface area contributed by atoms with E-state index < -0.39 is 0 Å². The third-order valence-corrected chi connectivity index (χ3v) is 4.01. The fraction of sp³-hybridized carbons (Fsp3) is 0.190. The molecule has 0 atom stereocenters. The molecule has 5 nitrogen and oxygen atoms in total. The van der Waals surface area contributed by atoms with Gasteiger partial charge >= 0.3 is 0 Å². The summed E-state index contributed by atoms with van der Waals surface area (Å²) < 4.78 is 0. The molecule has 0 saturated heterocycles. The van der Waals surface area contributed by atoms with E-state index in [2.05, 4.69) is 15.5 Å². The zero-order valence-corrected chi connectivity index (χ0v) is 15.0. The average molecular weight is 346 g/mol. The van der Waals surface area contributed by atoms with Gasteiger partial charge < -0.3 is 10.2 Å². The molecule has 0 aliphatic carbocycles. The lowest BCUT2D eigenvalue weighted by Gasteiger charge is -2.26. The second kappa shape index (κ2) is 8.25. The maximum atomic E-state index is 12.9. The van der Waals surface area contributed by atoms with Crippen molar-refractivity contribution in [2.45, 2.75) is 26.4 Å². The molecule has 2 aromatic carbocycles. The molecule has 0 saturated carbocycles. The van der Waals surface area contributed by atoms with Gasteiger partial charge in [-0.15, -0.1) is 10.2 Å². The van der Waals surface area contributed by atoms with Gasteiger partial charge in [-0.2, -0.15) is 0 Å². The summed E-state index contributed by atoms with van der Waals surface area (Å²) in [5.74, 6) is 0.481. The highest BCUT2D eigenvalue weighted by Gasteiger charge is 2.20. The first-order valence-corrected chi connectivity index (χ1v) is 8.64. The number of anilines is 2. The van der Waals surface area contributed by atoms with Gasteiger partial charge in [-0.3, -0.25) is 4.79 Å². The lowest BCUT2D eigenvalue weighted by atomic mass is 10.1. The van der Waals surface area contributed by atoms with Crippen LogP contribution < -0.4 is 5.32 Å². The number of carbonyl (C=O) groups excluding carboxylic acids is 1. The van der Waals surface area contributed by atoms with Crippen molar-refractivity contribution < 1.29 is 4.79 Å². The number of para-hydroxylation sites is 1. The molecule has 5 heteroatoms. The van der Waals surface area contributed by atoms with E-state index in [0.29, 0.717) is 18.1 Å². The second-order valence-corrected chi connectivity index (χ2v) is 6.31. The molecular formula is C21H22N4O. The van der Waals surface area contributed by atoms with Crippen LogP contribution in [0.25, 0.3) is 0 Å². The van der Waals surface area contributed by atoms with Crippen molar-refractivity contribution in [2.24, 2.45) is 0 Å². The molecule has 0 aliphatic heterocycles. The van der Waals surface area contributed by atoms with E-state index in [4.69, 9.17) is 0 Å². The SMILES string of the molecule is CC(C)N(Cc1ccccc1)C(=O)c1ccc(Nc2ccccc2)nn1. The predicted octanol–water partition coefficient (Wildman–Crippen LogP) is 4.27. The molecule has 1 aromatic heterocycles. The Morgan fingerprint density at radius 1 is 0.923 bits per heavy atom. The van der Waals surface area contributed by atoms with Crippen molar-refractivity contribution in [3.05, 3.63) is 84.1 Å². The first-order chi connectivity index (χ1) is 12.6. The van der Waals surface area contributed by atoms with Crippen molar-refractivity contribution in [2.75, 3.05) is 5.32 Å². The molecular weight excluding hydrogens is 324 g/mol. The third kappa shape index (κ3) is 4.45. The van der Waals surface area contributed by atoms with Crippen molar-refractivity contribution in [3.63, 3.8) is 0 Å². The maximum absolute atomic E-state index is 12.9. The van der Waals surface area contributed by atoms with Gasteiger partial charge in [0.25, 0.3) is 5.91 Å². The molecule has 0 aliphatic rings.